The summed E-state index contributed by atoms with van der Waals surface area (Å²) in [6, 6.07) is 1.61. The van der Waals surface area contributed by atoms with Crippen LogP contribution >= 0.6 is 11.8 Å². The molecule has 0 aromatic carbocycles. The largest absolute Gasteiger partial charge is 0.356 e. The molecule has 2 aliphatic rings. The molecule has 2 fully saturated rings. The van der Waals surface area contributed by atoms with Crippen molar-refractivity contribution in [3.05, 3.63) is 18.0 Å². The maximum atomic E-state index is 12.6. The lowest BCUT2D eigenvalue weighted by Crippen LogP contribution is -2.38. The highest BCUT2D eigenvalue weighted by molar-refractivity contribution is 7.99. The molecule has 0 bridgehead atoms. The Labute approximate surface area is 140 Å². The van der Waals surface area contributed by atoms with Crippen molar-refractivity contribution in [3.63, 3.8) is 0 Å². The van der Waals surface area contributed by atoms with Gasteiger partial charge in [-0.25, -0.2) is 8.42 Å². The highest BCUT2D eigenvalue weighted by Crippen LogP contribution is 2.21. The van der Waals surface area contributed by atoms with Gasteiger partial charge in [0, 0.05) is 50.4 Å². The molecule has 1 aromatic rings. The summed E-state index contributed by atoms with van der Waals surface area (Å²) in [6.07, 6.45) is 2.34. The topological polar surface area (TPSA) is 85.5 Å². The number of sulfonamides is 1. The average Bonchev–Trinajstić information content (AvgIpc) is 3.26. The summed E-state index contributed by atoms with van der Waals surface area (Å²) in [5, 5.41) is 3.22. The quantitative estimate of drug-likeness (QED) is 0.802. The molecule has 7 nitrogen and oxygen atoms in total. The first-order valence-electron chi connectivity index (χ1n) is 7.74. The van der Waals surface area contributed by atoms with Crippen molar-refractivity contribution in [1.29, 1.82) is 0 Å². The van der Waals surface area contributed by atoms with Gasteiger partial charge in [0.05, 0.1) is 0 Å². The summed E-state index contributed by atoms with van der Waals surface area (Å²) in [4.78, 5) is 17.2. The molecule has 1 unspecified atom stereocenters. The van der Waals surface area contributed by atoms with Gasteiger partial charge in [-0.15, -0.1) is 0 Å². The number of nitrogens with zero attached hydrogens (tertiary/aromatic N) is 2. The number of rotatable bonds is 4. The Morgan fingerprint density at radius 1 is 1.39 bits per heavy atom. The maximum Gasteiger partial charge on any atom is 0.270 e. The van der Waals surface area contributed by atoms with Crippen molar-refractivity contribution in [1.82, 2.24) is 19.5 Å². The van der Waals surface area contributed by atoms with Gasteiger partial charge in [0.25, 0.3) is 5.91 Å². The van der Waals surface area contributed by atoms with E-state index in [0.29, 0.717) is 18.8 Å². The molecule has 2 saturated heterocycles. The molecule has 1 atom stereocenters. The molecule has 3 heterocycles. The first-order chi connectivity index (χ1) is 11.0. The fourth-order valence-electron chi connectivity index (χ4n) is 2.91. The van der Waals surface area contributed by atoms with Crippen LogP contribution in [0.3, 0.4) is 0 Å². The molecule has 2 N–H and O–H groups in total. The zero-order chi connectivity index (χ0) is 16.4. The summed E-state index contributed by atoms with van der Waals surface area (Å²) >= 11 is 1.76. The van der Waals surface area contributed by atoms with Gasteiger partial charge in [0.15, 0.2) is 0 Å². The second-order valence-electron chi connectivity index (χ2n) is 5.83. The van der Waals surface area contributed by atoms with E-state index in [1.807, 2.05) is 0 Å². The SMILES string of the molecule is CN(C(=O)c1cc(S(=O)(=O)N2CCSCC2)c[nH]1)C1CCNC1. The molecule has 3 rings (SSSR count). The van der Waals surface area contributed by atoms with E-state index in [1.165, 1.54) is 16.6 Å². The van der Waals surface area contributed by atoms with Crippen LogP contribution in [0.1, 0.15) is 16.9 Å². The Kier molecular flexibility index (Phi) is 5.00. The van der Waals surface area contributed by atoms with Crippen LogP contribution in [0.4, 0.5) is 0 Å². The third kappa shape index (κ3) is 3.42. The zero-order valence-corrected chi connectivity index (χ0v) is 14.8. The van der Waals surface area contributed by atoms with E-state index in [-0.39, 0.29) is 16.8 Å². The molecule has 1 amide bonds. The minimum absolute atomic E-state index is 0.157. The van der Waals surface area contributed by atoms with E-state index in [9.17, 15) is 13.2 Å². The van der Waals surface area contributed by atoms with Crippen molar-refractivity contribution in [3.8, 4) is 0 Å². The molecule has 128 valence electrons. The molecule has 0 spiro atoms. The Hall–Kier alpha value is -1.03. The molecule has 1 aromatic heterocycles. The van der Waals surface area contributed by atoms with Crippen molar-refractivity contribution in [2.24, 2.45) is 0 Å². The minimum Gasteiger partial charge on any atom is -0.356 e. The van der Waals surface area contributed by atoms with E-state index in [0.717, 1.165) is 31.0 Å². The van der Waals surface area contributed by atoms with Crippen LogP contribution in [0.5, 0.6) is 0 Å². The maximum absolute atomic E-state index is 12.6. The Bertz CT molecular complexity index is 661. The van der Waals surface area contributed by atoms with E-state index in [1.54, 1.807) is 23.7 Å². The van der Waals surface area contributed by atoms with Gasteiger partial charge in [-0.1, -0.05) is 0 Å². The van der Waals surface area contributed by atoms with Crippen molar-refractivity contribution in [2.75, 3.05) is 44.7 Å². The van der Waals surface area contributed by atoms with Crippen molar-refractivity contribution < 1.29 is 13.2 Å². The van der Waals surface area contributed by atoms with Gasteiger partial charge in [-0.3, -0.25) is 4.79 Å². The fourth-order valence-corrected chi connectivity index (χ4v) is 5.48. The van der Waals surface area contributed by atoms with Gasteiger partial charge in [-0.2, -0.15) is 16.1 Å². The van der Waals surface area contributed by atoms with Gasteiger partial charge in [0.1, 0.15) is 10.6 Å². The predicted molar refractivity (Wildman–Crippen MR) is 90.2 cm³/mol. The standard InChI is InChI=1S/C14H22N4O3S2/c1-17(11-2-3-15-9-11)14(19)13-8-12(10-16-13)23(20,21)18-4-6-22-7-5-18/h8,10-11,15-16H,2-7,9H2,1H3. The predicted octanol–water partition coefficient (Wildman–Crippen LogP) is 0.186. The zero-order valence-electron chi connectivity index (χ0n) is 13.1. The number of carbonyl (C=O) groups is 1. The number of likely N-dealkylation sites (N-methyl/N-ethyl adjacent to an activating group) is 1. The highest BCUT2D eigenvalue weighted by atomic mass is 32.2. The van der Waals surface area contributed by atoms with Crippen LogP contribution in [-0.2, 0) is 10.0 Å². The summed E-state index contributed by atoms with van der Waals surface area (Å²) in [6.45, 7) is 2.73. The van der Waals surface area contributed by atoms with E-state index >= 15 is 0 Å². The molecular weight excluding hydrogens is 336 g/mol. The average molecular weight is 358 g/mol. The summed E-state index contributed by atoms with van der Waals surface area (Å²) < 4.78 is 26.7. The van der Waals surface area contributed by atoms with Crippen LogP contribution in [-0.4, -0.2) is 79.3 Å². The van der Waals surface area contributed by atoms with Gasteiger partial charge in [0.2, 0.25) is 10.0 Å². The van der Waals surface area contributed by atoms with Gasteiger partial charge >= 0.3 is 0 Å². The number of carbonyl (C=O) groups excluding carboxylic acids is 1. The highest BCUT2D eigenvalue weighted by Gasteiger charge is 2.29. The molecule has 23 heavy (non-hydrogen) atoms. The van der Waals surface area contributed by atoms with Crippen LogP contribution in [0.2, 0.25) is 0 Å². The molecule has 2 aliphatic heterocycles. The van der Waals surface area contributed by atoms with Crippen molar-refractivity contribution >= 4 is 27.7 Å². The number of aromatic amines is 1. The summed E-state index contributed by atoms with van der Waals surface area (Å²) in [7, 11) is -1.75. The number of H-pyrrole nitrogens is 1. The smallest absolute Gasteiger partial charge is 0.270 e. The van der Waals surface area contributed by atoms with Crippen LogP contribution in [0.15, 0.2) is 17.2 Å². The molecule has 0 radical (unpaired) electrons. The van der Waals surface area contributed by atoms with E-state index < -0.39 is 10.0 Å². The molecule has 9 heteroatoms. The third-order valence-electron chi connectivity index (χ3n) is 4.40. The lowest BCUT2D eigenvalue weighted by molar-refractivity contribution is 0.0738. The third-order valence-corrected chi connectivity index (χ3v) is 7.22. The normalized spacial score (nSPS) is 23.1. The number of nitrogens with one attached hydrogen (secondary N) is 2. The number of hydrogen-bond acceptors (Lipinski definition) is 5. The van der Waals surface area contributed by atoms with Crippen LogP contribution in [0.25, 0.3) is 0 Å². The van der Waals surface area contributed by atoms with E-state index in [2.05, 4.69) is 10.3 Å². The van der Waals surface area contributed by atoms with E-state index in [4.69, 9.17) is 0 Å². The Balaban J connectivity index is 1.75. The minimum atomic E-state index is -3.51. The second kappa shape index (κ2) is 6.84. The first kappa shape index (κ1) is 16.8. The molecular formula is C14H22N4O3S2. The number of hydrogen-bond donors (Lipinski definition) is 2. The van der Waals surface area contributed by atoms with Crippen LogP contribution in [0, 0.1) is 0 Å². The van der Waals surface area contributed by atoms with Gasteiger partial charge in [-0.05, 0) is 19.0 Å². The van der Waals surface area contributed by atoms with Crippen LogP contribution < -0.4 is 5.32 Å². The molecule has 0 aliphatic carbocycles. The summed E-state index contributed by atoms with van der Waals surface area (Å²) in [5.41, 5.74) is 0.323. The monoisotopic (exact) mass is 358 g/mol. The molecule has 0 saturated carbocycles. The first-order valence-corrected chi connectivity index (χ1v) is 10.3. The fraction of sp³-hybridized carbons (Fsp3) is 0.643. The summed E-state index contributed by atoms with van der Waals surface area (Å²) in [5.74, 6) is 1.45. The number of amides is 1. The Morgan fingerprint density at radius 3 is 2.78 bits per heavy atom. The second-order valence-corrected chi connectivity index (χ2v) is 8.99. The van der Waals surface area contributed by atoms with Gasteiger partial charge < -0.3 is 15.2 Å². The lowest BCUT2D eigenvalue weighted by atomic mass is 10.2. The number of thioether (sulfide) groups is 1. The lowest BCUT2D eigenvalue weighted by Gasteiger charge is -2.25. The Morgan fingerprint density at radius 2 is 2.13 bits per heavy atom. The van der Waals surface area contributed by atoms with Crippen molar-refractivity contribution in [2.45, 2.75) is 17.4 Å². The number of aromatic nitrogens is 1.